The smallest absolute Gasteiger partial charge is 0.271 e. The molecule has 0 saturated carbocycles. The van der Waals surface area contributed by atoms with E-state index in [0.717, 1.165) is 0 Å². The van der Waals surface area contributed by atoms with Crippen LogP contribution in [0.1, 0.15) is 17.4 Å². The summed E-state index contributed by atoms with van der Waals surface area (Å²) in [5.74, 6) is 0.162. The van der Waals surface area contributed by atoms with Gasteiger partial charge in [0.25, 0.3) is 5.91 Å². The lowest BCUT2D eigenvalue weighted by Crippen LogP contribution is -2.14. The monoisotopic (exact) mass is 248 g/mol. The van der Waals surface area contributed by atoms with Crippen LogP contribution in [0.25, 0.3) is 5.82 Å². The quantitative estimate of drug-likeness (QED) is 0.768. The number of hydrogen-bond donors (Lipinski definition) is 2. The summed E-state index contributed by atoms with van der Waals surface area (Å²) < 4.78 is 6.58. The molecule has 0 spiro atoms. The fraction of sp³-hybridized carbons (Fsp3) is 0.200. The van der Waals surface area contributed by atoms with Gasteiger partial charge in [0.1, 0.15) is 6.33 Å². The Morgan fingerprint density at radius 3 is 2.89 bits per heavy atom. The number of amides is 1. The van der Waals surface area contributed by atoms with Crippen molar-refractivity contribution in [3.63, 3.8) is 0 Å². The molecule has 0 radical (unpaired) electrons. The van der Waals surface area contributed by atoms with Crippen LogP contribution >= 0.6 is 0 Å². The lowest BCUT2D eigenvalue weighted by molar-refractivity contribution is 0.0996. The first-order chi connectivity index (χ1) is 8.61. The average molecular weight is 248 g/mol. The largest absolute Gasteiger partial charge is 0.478 e. The zero-order valence-corrected chi connectivity index (χ0v) is 9.70. The molecule has 0 fully saturated rings. The molecule has 8 nitrogen and oxygen atoms in total. The van der Waals surface area contributed by atoms with E-state index in [1.807, 2.05) is 6.92 Å². The number of carbonyl (C=O) groups excluding carboxylic acids is 1. The second-order valence-corrected chi connectivity index (χ2v) is 3.39. The molecule has 1 amide bonds. The van der Waals surface area contributed by atoms with Crippen LogP contribution in [0.5, 0.6) is 5.88 Å². The summed E-state index contributed by atoms with van der Waals surface area (Å²) in [5, 5.41) is 3.95. The van der Waals surface area contributed by atoms with Crippen LogP contribution < -0.4 is 16.2 Å². The Morgan fingerprint density at radius 1 is 1.50 bits per heavy atom. The van der Waals surface area contributed by atoms with E-state index >= 15 is 0 Å². The van der Waals surface area contributed by atoms with Gasteiger partial charge in [0.05, 0.1) is 18.5 Å². The van der Waals surface area contributed by atoms with Crippen LogP contribution in [-0.2, 0) is 0 Å². The maximum atomic E-state index is 11.0. The molecule has 0 atom stereocenters. The molecule has 2 aromatic heterocycles. The SMILES string of the molecule is CCOc1cc(-n2cc(N)c(C(N)=O)n2)ncn1. The Balaban J connectivity index is 2.39. The number of primary amides is 1. The van der Waals surface area contributed by atoms with Gasteiger partial charge in [0.15, 0.2) is 11.5 Å². The normalized spacial score (nSPS) is 10.3. The second-order valence-electron chi connectivity index (χ2n) is 3.39. The lowest BCUT2D eigenvalue weighted by Gasteiger charge is -2.03. The van der Waals surface area contributed by atoms with Crippen molar-refractivity contribution in [3.05, 3.63) is 24.3 Å². The van der Waals surface area contributed by atoms with Crippen molar-refractivity contribution in [1.82, 2.24) is 19.7 Å². The molecule has 0 unspecified atom stereocenters. The first kappa shape index (κ1) is 11.8. The highest BCUT2D eigenvalue weighted by atomic mass is 16.5. The number of nitrogens with two attached hydrogens (primary N) is 2. The van der Waals surface area contributed by atoms with Crippen molar-refractivity contribution in [3.8, 4) is 11.7 Å². The van der Waals surface area contributed by atoms with Crippen molar-refractivity contribution in [1.29, 1.82) is 0 Å². The highest BCUT2D eigenvalue weighted by Crippen LogP contribution is 2.14. The number of ether oxygens (including phenoxy) is 1. The Kier molecular flexibility index (Phi) is 3.09. The van der Waals surface area contributed by atoms with Crippen LogP contribution in [0, 0.1) is 0 Å². The first-order valence-corrected chi connectivity index (χ1v) is 5.22. The molecule has 4 N–H and O–H groups in total. The van der Waals surface area contributed by atoms with Crippen LogP contribution in [0.3, 0.4) is 0 Å². The third-order valence-electron chi connectivity index (χ3n) is 2.13. The molecule has 8 heteroatoms. The van der Waals surface area contributed by atoms with Gasteiger partial charge >= 0.3 is 0 Å². The molecule has 18 heavy (non-hydrogen) atoms. The van der Waals surface area contributed by atoms with E-state index in [1.165, 1.54) is 17.2 Å². The standard InChI is InChI=1S/C10H12N6O2/c1-2-18-8-3-7(13-5-14-8)16-4-6(11)9(15-16)10(12)17/h3-5H,2,11H2,1H3,(H2,12,17). The summed E-state index contributed by atoms with van der Waals surface area (Å²) >= 11 is 0. The second kappa shape index (κ2) is 4.70. The predicted molar refractivity (Wildman–Crippen MR) is 63.3 cm³/mol. The van der Waals surface area contributed by atoms with Crippen molar-refractivity contribution in [2.45, 2.75) is 6.92 Å². The Bertz CT molecular complexity index is 579. The van der Waals surface area contributed by atoms with Gasteiger partial charge in [0, 0.05) is 6.07 Å². The molecule has 0 aliphatic heterocycles. The Labute approximate surface area is 103 Å². The topological polar surface area (TPSA) is 122 Å². The summed E-state index contributed by atoms with van der Waals surface area (Å²) in [6.45, 7) is 2.34. The molecule has 0 saturated heterocycles. The van der Waals surface area contributed by atoms with Crippen molar-refractivity contribution in [2.24, 2.45) is 5.73 Å². The summed E-state index contributed by atoms with van der Waals surface area (Å²) in [6.07, 6.45) is 2.79. The molecule has 94 valence electrons. The van der Waals surface area contributed by atoms with Gasteiger partial charge in [-0.05, 0) is 6.92 Å². The van der Waals surface area contributed by atoms with E-state index in [2.05, 4.69) is 15.1 Å². The zero-order chi connectivity index (χ0) is 13.1. The van der Waals surface area contributed by atoms with Crippen molar-refractivity contribution < 1.29 is 9.53 Å². The minimum Gasteiger partial charge on any atom is -0.478 e. The van der Waals surface area contributed by atoms with Crippen molar-refractivity contribution in [2.75, 3.05) is 12.3 Å². The number of anilines is 1. The van der Waals surface area contributed by atoms with Gasteiger partial charge < -0.3 is 16.2 Å². The van der Waals surface area contributed by atoms with Crippen LogP contribution in [0.4, 0.5) is 5.69 Å². The number of carbonyl (C=O) groups is 1. The van der Waals surface area contributed by atoms with Gasteiger partial charge in [-0.15, -0.1) is 0 Å². The number of hydrogen-bond acceptors (Lipinski definition) is 6. The van der Waals surface area contributed by atoms with Crippen LogP contribution in [0.2, 0.25) is 0 Å². The van der Waals surface area contributed by atoms with Crippen molar-refractivity contribution >= 4 is 11.6 Å². The molecule has 0 aliphatic rings. The maximum absolute atomic E-state index is 11.0. The molecule has 0 aliphatic carbocycles. The lowest BCUT2D eigenvalue weighted by atomic mass is 10.4. The van der Waals surface area contributed by atoms with Crippen LogP contribution in [-0.4, -0.2) is 32.3 Å². The van der Waals surface area contributed by atoms with Gasteiger partial charge in [-0.3, -0.25) is 4.79 Å². The molecule has 2 heterocycles. The molecule has 0 aromatic carbocycles. The third kappa shape index (κ3) is 2.21. The van der Waals surface area contributed by atoms with E-state index in [4.69, 9.17) is 16.2 Å². The summed E-state index contributed by atoms with van der Waals surface area (Å²) in [7, 11) is 0. The van der Waals surface area contributed by atoms with E-state index in [9.17, 15) is 4.79 Å². The van der Waals surface area contributed by atoms with E-state index in [0.29, 0.717) is 18.3 Å². The molecule has 0 bridgehead atoms. The summed E-state index contributed by atoms with van der Waals surface area (Å²) in [6, 6.07) is 1.58. The minimum atomic E-state index is -0.690. The Hall–Kier alpha value is -2.64. The fourth-order valence-corrected chi connectivity index (χ4v) is 1.38. The van der Waals surface area contributed by atoms with Crippen LogP contribution in [0.15, 0.2) is 18.6 Å². The Morgan fingerprint density at radius 2 is 2.28 bits per heavy atom. The van der Waals surface area contributed by atoms with Gasteiger partial charge in [0.2, 0.25) is 5.88 Å². The third-order valence-corrected chi connectivity index (χ3v) is 2.13. The highest BCUT2D eigenvalue weighted by Gasteiger charge is 2.13. The molecular weight excluding hydrogens is 236 g/mol. The first-order valence-electron chi connectivity index (χ1n) is 5.22. The minimum absolute atomic E-state index is 0.00609. The zero-order valence-electron chi connectivity index (χ0n) is 9.70. The summed E-state index contributed by atoms with van der Waals surface area (Å²) in [4.78, 5) is 19.0. The number of nitrogen functional groups attached to an aromatic ring is 1. The number of aromatic nitrogens is 4. The van der Waals surface area contributed by atoms with Gasteiger partial charge in [-0.1, -0.05) is 0 Å². The predicted octanol–water partition coefficient (Wildman–Crippen LogP) is -0.258. The number of nitrogens with zero attached hydrogens (tertiary/aromatic N) is 4. The molecular formula is C10H12N6O2. The fourth-order valence-electron chi connectivity index (χ4n) is 1.38. The van der Waals surface area contributed by atoms with E-state index in [1.54, 1.807) is 6.07 Å². The van der Waals surface area contributed by atoms with E-state index < -0.39 is 5.91 Å². The summed E-state index contributed by atoms with van der Waals surface area (Å²) in [5.41, 5.74) is 10.9. The number of rotatable bonds is 4. The average Bonchev–Trinajstić information content (AvgIpc) is 2.72. The maximum Gasteiger partial charge on any atom is 0.271 e. The van der Waals surface area contributed by atoms with E-state index in [-0.39, 0.29) is 11.4 Å². The molecule has 2 aromatic rings. The molecule has 2 rings (SSSR count). The van der Waals surface area contributed by atoms with Gasteiger partial charge in [-0.25, -0.2) is 14.6 Å². The van der Waals surface area contributed by atoms with Gasteiger partial charge in [-0.2, -0.15) is 5.10 Å². The highest BCUT2D eigenvalue weighted by molar-refractivity contribution is 5.95.